The summed E-state index contributed by atoms with van der Waals surface area (Å²) in [5, 5.41) is 10.6. The van der Waals surface area contributed by atoms with Gasteiger partial charge in [0.05, 0.1) is 27.9 Å². The number of benzene rings is 6. The Morgan fingerprint density at radius 1 is 0.400 bits per heavy atom. The average Bonchev–Trinajstić information content (AvgIpc) is 3.49. The van der Waals surface area contributed by atoms with E-state index in [2.05, 4.69) is 127 Å². The van der Waals surface area contributed by atoms with Crippen LogP contribution in [-0.2, 0) is 0 Å². The zero-order valence-corrected chi connectivity index (χ0v) is 24.8. The minimum Gasteiger partial charge on any atom is -0.254 e. The summed E-state index contributed by atoms with van der Waals surface area (Å²) >= 11 is 1.85. The standard InChI is InChI=1S/C41H23N3S/c1-3-12-29-27(10-1)37(34-22-19-32-33(43-34)21-18-31-26-9-5-6-14-36(26)45-41(31)32)28-11-2-4-13-30(28)38(29)35-20-17-25-16-15-24-8-7-23-42-39(24)40(25)44-35/h1-23H. The van der Waals surface area contributed by atoms with Crippen molar-refractivity contribution in [1.29, 1.82) is 0 Å². The van der Waals surface area contributed by atoms with Crippen molar-refractivity contribution in [2.45, 2.75) is 0 Å². The van der Waals surface area contributed by atoms with E-state index in [1.165, 1.54) is 36.3 Å². The topological polar surface area (TPSA) is 38.7 Å². The minimum atomic E-state index is 0.923. The van der Waals surface area contributed by atoms with Gasteiger partial charge in [-0.1, -0.05) is 97.1 Å². The zero-order valence-electron chi connectivity index (χ0n) is 24.0. The number of thiophene rings is 1. The first-order chi connectivity index (χ1) is 22.3. The number of aromatic nitrogens is 3. The molecule has 0 aliphatic rings. The van der Waals surface area contributed by atoms with Gasteiger partial charge in [0.15, 0.2) is 0 Å². The van der Waals surface area contributed by atoms with Crippen LogP contribution >= 0.6 is 11.3 Å². The number of pyridine rings is 3. The molecular weight excluding hydrogens is 567 g/mol. The van der Waals surface area contributed by atoms with Gasteiger partial charge in [-0.2, -0.15) is 0 Å². The summed E-state index contributed by atoms with van der Waals surface area (Å²) in [6, 6.07) is 47.5. The highest BCUT2D eigenvalue weighted by molar-refractivity contribution is 7.26. The third-order valence-electron chi connectivity index (χ3n) is 9.09. The quantitative estimate of drug-likeness (QED) is 0.149. The van der Waals surface area contributed by atoms with Gasteiger partial charge in [0.1, 0.15) is 0 Å². The molecule has 3 nitrogen and oxygen atoms in total. The molecule has 4 heterocycles. The van der Waals surface area contributed by atoms with E-state index in [0.29, 0.717) is 0 Å². The molecule has 0 saturated heterocycles. The van der Waals surface area contributed by atoms with Crippen LogP contribution < -0.4 is 0 Å². The predicted molar refractivity (Wildman–Crippen MR) is 191 cm³/mol. The molecule has 0 radical (unpaired) electrons. The summed E-state index contributed by atoms with van der Waals surface area (Å²) in [6.07, 6.45) is 1.85. The molecular formula is C41H23N3S. The predicted octanol–water partition coefficient (Wildman–Crippen LogP) is 11.3. The Morgan fingerprint density at radius 2 is 0.978 bits per heavy atom. The van der Waals surface area contributed by atoms with Gasteiger partial charge in [0.25, 0.3) is 0 Å². The van der Waals surface area contributed by atoms with Gasteiger partial charge < -0.3 is 0 Å². The van der Waals surface area contributed by atoms with Crippen molar-refractivity contribution in [3.05, 3.63) is 140 Å². The van der Waals surface area contributed by atoms with Crippen molar-refractivity contribution in [2.24, 2.45) is 0 Å². The Kier molecular flexibility index (Phi) is 5.16. The average molecular weight is 590 g/mol. The van der Waals surface area contributed by atoms with Crippen LogP contribution in [0.3, 0.4) is 0 Å². The lowest BCUT2D eigenvalue weighted by molar-refractivity contribution is 1.38. The lowest BCUT2D eigenvalue weighted by atomic mass is 9.88. The van der Waals surface area contributed by atoms with Gasteiger partial charge in [0.2, 0.25) is 0 Å². The maximum Gasteiger partial charge on any atom is 0.0972 e. The normalized spacial score (nSPS) is 12.0. The summed E-state index contributed by atoms with van der Waals surface area (Å²) < 4.78 is 2.60. The van der Waals surface area contributed by atoms with E-state index in [1.807, 2.05) is 23.6 Å². The Labute approximate surface area is 262 Å². The molecule has 4 aromatic heterocycles. The van der Waals surface area contributed by atoms with E-state index >= 15 is 0 Å². The van der Waals surface area contributed by atoms with Crippen molar-refractivity contribution >= 4 is 85.8 Å². The highest BCUT2D eigenvalue weighted by atomic mass is 32.1. The van der Waals surface area contributed by atoms with E-state index in [4.69, 9.17) is 15.0 Å². The molecule has 10 aromatic rings. The second kappa shape index (κ2) is 9.39. The number of fused-ring (bicyclic) bond motifs is 10. The van der Waals surface area contributed by atoms with Crippen molar-refractivity contribution in [3.63, 3.8) is 0 Å². The molecule has 4 heteroatoms. The Hall–Kier alpha value is -5.71. The smallest absolute Gasteiger partial charge is 0.0972 e. The number of rotatable bonds is 2. The van der Waals surface area contributed by atoms with Gasteiger partial charge in [0, 0.05) is 53.7 Å². The van der Waals surface area contributed by atoms with Gasteiger partial charge in [-0.25, -0.2) is 9.97 Å². The molecule has 45 heavy (non-hydrogen) atoms. The van der Waals surface area contributed by atoms with Crippen molar-refractivity contribution in [3.8, 4) is 22.5 Å². The summed E-state index contributed by atoms with van der Waals surface area (Å²) in [5.41, 5.74) is 7.06. The zero-order chi connectivity index (χ0) is 29.5. The second-order valence-corrected chi connectivity index (χ2v) is 12.6. The van der Waals surface area contributed by atoms with E-state index in [0.717, 1.165) is 60.6 Å². The Balaban J connectivity index is 1.26. The molecule has 0 N–H and O–H groups in total. The highest BCUT2D eigenvalue weighted by Gasteiger charge is 2.19. The molecule has 0 amide bonds. The second-order valence-electron chi connectivity index (χ2n) is 11.6. The summed E-state index contributed by atoms with van der Waals surface area (Å²) in [5.74, 6) is 0. The number of hydrogen-bond acceptors (Lipinski definition) is 4. The van der Waals surface area contributed by atoms with Crippen LogP contribution in [0.1, 0.15) is 0 Å². The fraction of sp³-hybridized carbons (Fsp3) is 0. The van der Waals surface area contributed by atoms with Crippen LogP contribution in [0, 0.1) is 0 Å². The van der Waals surface area contributed by atoms with E-state index in [-0.39, 0.29) is 0 Å². The van der Waals surface area contributed by atoms with Crippen molar-refractivity contribution in [2.75, 3.05) is 0 Å². The molecule has 0 spiro atoms. The largest absolute Gasteiger partial charge is 0.254 e. The molecule has 6 aromatic carbocycles. The van der Waals surface area contributed by atoms with Crippen LogP contribution in [0.25, 0.3) is 96.9 Å². The van der Waals surface area contributed by atoms with Gasteiger partial charge >= 0.3 is 0 Å². The summed E-state index contributed by atoms with van der Waals surface area (Å²) in [7, 11) is 0. The Morgan fingerprint density at radius 3 is 1.71 bits per heavy atom. The third-order valence-corrected chi connectivity index (χ3v) is 10.3. The molecule has 10 rings (SSSR count). The molecule has 0 bridgehead atoms. The van der Waals surface area contributed by atoms with Crippen LogP contribution in [0.5, 0.6) is 0 Å². The third kappa shape index (κ3) is 3.60. The van der Waals surface area contributed by atoms with Crippen LogP contribution in [-0.4, -0.2) is 15.0 Å². The minimum absolute atomic E-state index is 0.923. The van der Waals surface area contributed by atoms with Gasteiger partial charge in [-0.15, -0.1) is 11.3 Å². The van der Waals surface area contributed by atoms with Crippen molar-refractivity contribution in [1.82, 2.24) is 15.0 Å². The van der Waals surface area contributed by atoms with E-state index < -0.39 is 0 Å². The Bertz CT molecular complexity index is 2770. The molecule has 0 aliphatic heterocycles. The molecule has 0 saturated carbocycles. The highest BCUT2D eigenvalue weighted by Crippen LogP contribution is 2.44. The fourth-order valence-corrected chi connectivity index (χ4v) is 8.29. The molecule has 0 aliphatic carbocycles. The lowest BCUT2D eigenvalue weighted by Crippen LogP contribution is -1.94. The maximum absolute atomic E-state index is 5.33. The molecule has 0 unspecified atom stereocenters. The van der Waals surface area contributed by atoms with Crippen LogP contribution in [0.15, 0.2) is 140 Å². The summed E-state index contributed by atoms with van der Waals surface area (Å²) in [4.78, 5) is 15.3. The monoisotopic (exact) mass is 589 g/mol. The first-order valence-electron chi connectivity index (χ1n) is 15.1. The van der Waals surface area contributed by atoms with Crippen LogP contribution in [0.4, 0.5) is 0 Å². The maximum atomic E-state index is 5.33. The molecule has 0 fully saturated rings. The van der Waals surface area contributed by atoms with Crippen LogP contribution in [0.2, 0.25) is 0 Å². The van der Waals surface area contributed by atoms with Gasteiger partial charge in [-0.3, -0.25) is 4.98 Å². The number of hydrogen-bond donors (Lipinski definition) is 0. The first kappa shape index (κ1) is 24.7. The van der Waals surface area contributed by atoms with Gasteiger partial charge in [-0.05, 0) is 57.9 Å². The molecule has 0 atom stereocenters. The lowest BCUT2D eigenvalue weighted by Gasteiger charge is -2.17. The van der Waals surface area contributed by atoms with E-state index in [9.17, 15) is 0 Å². The number of nitrogens with zero attached hydrogens (tertiary/aromatic N) is 3. The molecule has 208 valence electrons. The first-order valence-corrected chi connectivity index (χ1v) is 15.9. The van der Waals surface area contributed by atoms with Crippen molar-refractivity contribution < 1.29 is 0 Å². The van der Waals surface area contributed by atoms with E-state index in [1.54, 1.807) is 0 Å². The SMILES string of the molecule is c1cnc2c(c1)ccc1ccc(-c3c4ccccc4c(-c4ccc5c(ccc6c7ccccc7sc56)n4)c4ccccc34)nc12. The fourth-order valence-electron chi connectivity index (χ4n) is 7.07. The summed E-state index contributed by atoms with van der Waals surface area (Å²) in [6.45, 7) is 0.